The van der Waals surface area contributed by atoms with Crippen LogP contribution in [0.15, 0.2) is 30.3 Å². The van der Waals surface area contributed by atoms with Gasteiger partial charge >= 0.3 is 0 Å². The summed E-state index contributed by atoms with van der Waals surface area (Å²) in [5.41, 5.74) is 1.39. The Morgan fingerprint density at radius 3 is 2.40 bits per heavy atom. The summed E-state index contributed by atoms with van der Waals surface area (Å²) < 4.78 is 0. The zero-order valence-electron chi connectivity index (χ0n) is 10.1. The lowest BCUT2D eigenvalue weighted by atomic mass is 9.65. The minimum atomic E-state index is 1.04. The van der Waals surface area contributed by atoms with Crippen LogP contribution >= 0.6 is 0 Å². The van der Waals surface area contributed by atoms with Crippen molar-refractivity contribution >= 4 is 15.0 Å². The second-order valence-electron chi connectivity index (χ2n) is 4.12. The molecule has 0 aliphatic carbocycles. The fourth-order valence-electron chi connectivity index (χ4n) is 1.47. The molecule has 0 unspecified atom stereocenters. The van der Waals surface area contributed by atoms with Crippen molar-refractivity contribution in [3.05, 3.63) is 35.9 Å². The standard InChI is InChI=1S/C11H20B2N2/c1-14(8-9-15(2)13-12)10-11-6-4-3-5-7-11/h3-7,13H,8-10,12H2,1-2H3. The summed E-state index contributed by atoms with van der Waals surface area (Å²) in [5, 5.41) is 0. The van der Waals surface area contributed by atoms with Crippen molar-refractivity contribution in [2.45, 2.75) is 6.54 Å². The van der Waals surface area contributed by atoms with E-state index in [0.717, 1.165) is 26.9 Å². The number of hydrogen-bond donors (Lipinski definition) is 0. The molecule has 0 amide bonds. The molecule has 1 aromatic carbocycles. The highest BCUT2D eigenvalue weighted by molar-refractivity contribution is 6.87. The molecule has 0 atom stereocenters. The number of likely N-dealkylation sites (N-methyl/N-ethyl adjacent to an activating group) is 2. The molecule has 0 spiro atoms. The number of benzene rings is 1. The van der Waals surface area contributed by atoms with E-state index in [1.165, 1.54) is 5.56 Å². The lowest BCUT2D eigenvalue weighted by Crippen LogP contribution is -2.32. The molecule has 1 aromatic rings. The van der Waals surface area contributed by atoms with Crippen LogP contribution in [0, 0.1) is 0 Å². The smallest absolute Gasteiger partial charge is 0.161 e. The van der Waals surface area contributed by atoms with Crippen molar-refractivity contribution in [1.29, 1.82) is 0 Å². The van der Waals surface area contributed by atoms with E-state index < -0.39 is 0 Å². The predicted octanol–water partition coefficient (Wildman–Crippen LogP) is -0.0502. The molecule has 2 nitrogen and oxygen atoms in total. The third-order valence-electron chi connectivity index (χ3n) is 2.70. The van der Waals surface area contributed by atoms with Crippen molar-refractivity contribution in [2.75, 3.05) is 27.2 Å². The van der Waals surface area contributed by atoms with Crippen LogP contribution in [0.2, 0.25) is 0 Å². The topological polar surface area (TPSA) is 6.48 Å². The molecular weight excluding hydrogens is 182 g/mol. The summed E-state index contributed by atoms with van der Waals surface area (Å²) in [6.07, 6.45) is 0. The second kappa shape index (κ2) is 6.70. The van der Waals surface area contributed by atoms with Crippen LogP contribution in [0.3, 0.4) is 0 Å². The average molecular weight is 202 g/mol. The maximum atomic E-state index is 2.36. The van der Waals surface area contributed by atoms with E-state index in [1.54, 1.807) is 0 Å². The highest BCUT2D eigenvalue weighted by Crippen LogP contribution is 2.01. The lowest BCUT2D eigenvalue weighted by molar-refractivity contribution is 0.304. The molecule has 0 fully saturated rings. The Balaban J connectivity index is 2.27. The summed E-state index contributed by atoms with van der Waals surface area (Å²) in [4.78, 5) is 4.70. The van der Waals surface area contributed by atoms with E-state index in [2.05, 4.69) is 61.9 Å². The SMILES string of the molecule is BBN(C)CCN(C)Cc1ccccc1. The third-order valence-corrected chi connectivity index (χ3v) is 2.70. The molecule has 0 heterocycles. The van der Waals surface area contributed by atoms with E-state index in [1.807, 2.05) is 0 Å². The molecule has 0 aromatic heterocycles. The summed E-state index contributed by atoms with van der Waals surface area (Å²) in [6, 6.07) is 10.6. The van der Waals surface area contributed by atoms with Crippen molar-refractivity contribution < 1.29 is 0 Å². The molecule has 0 saturated carbocycles. The third kappa shape index (κ3) is 5.05. The quantitative estimate of drug-likeness (QED) is 0.596. The van der Waals surface area contributed by atoms with Crippen molar-refractivity contribution in [1.82, 2.24) is 9.71 Å². The Bertz CT molecular complexity index is 267. The number of nitrogens with zero attached hydrogens (tertiary/aromatic N) is 2. The molecule has 80 valence electrons. The first-order valence-corrected chi connectivity index (χ1v) is 5.63. The average Bonchev–Trinajstić information content (AvgIpc) is 2.27. The Kier molecular flexibility index (Phi) is 5.51. The van der Waals surface area contributed by atoms with Crippen molar-refractivity contribution in [3.8, 4) is 0 Å². The zero-order valence-corrected chi connectivity index (χ0v) is 10.1. The first-order chi connectivity index (χ1) is 7.22. The summed E-state index contributed by atoms with van der Waals surface area (Å²) in [6.45, 7) is 3.30. The fourth-order valence-corrected chi connectivity index (χ4v) is 1.47. The van der Waals surface area contributed by atoms with Crippen LogP contribution < -0.4 is 0 Å². The number of rotatable bonds is 6. The molecule has 0 aliphatic heterocycles. The molecule has 0 radical (unpaired) electrons. The largest absolute Gasteiger partial charge is 0.354 e. The predicted molar refractivity (Wildman–Crippen MR) is 71.1 cm³/mol. The van der Waals surface area contributed by atoms with Gasteiger partial charge in [0, 0.05) is 13.1 Å². The fraction of sp³-hybridized carbons (Fsp3) is 0.455. The van der Waals surface area contributed by atoms with E-state index in [4.69, 9.17) is 0 Å². The first-order valence-electron chi connectivity index (χ1n) is 5.63. The molecule has 0 saturated heterocycles. The van der Waals surface area contributed by atoms with Gasteiger partial charge in [0.05, 0.1) is 7.74 Å². The summed E-state index contributed by atoms with van der Waals surface area (Å²) in [7, 11) is 7.66. The lowest BCUT2D eigenvalue weighted by Gasteiger charge is -2.20. The Labute approximate surface area is 94.9 Å². The molecule has 0 bridgehead atoms. The van der Waals surface area contributed by atoms with E-state index in [-0.39, 0.29) is 0 Å². The van der Waals surface area contributed by atoms with Gasteiger partial charge in [-0.15, -0.1) is 0 Å². The van der Waals surface area contributed by atoms with Gasteiger partial charge in [-0.1, -0.05) is 30.3 Å². The highest BCUT2D eigenvalue weighted by atomic mass is 15.1. The van der Waals surface area contributed by atoms with Crippen molar-refractivity contribution in [2.24, 2.45) is 0 Å². The Morgan fingerprint density at radius 1 is 1.13 bits per heavy atom. The van der Waals surface area contributed by atoms with Gasteiger partial charge in [-0.05, 0) is 26.2 Å². The van der Waals surface area contributed by atoms with Gasteiger partial charge in [0.15, 0.2) is 7.31 Å². The van der Waals surface area contributed by atoms with Crippen LogP contribution in [-0.4, -0.2) is 51.9 Å². The minimum Gasteiger partial charge on any atom is -0.354 e. The van der Waals surface area contributed by atoms with E-state index in [9.17, 15) is 0 Å². The van der Waals surface area contributed by atoms with Crippen LogP contribution in [0.5, 0.6) is 0 Å². The minimum absolute atomic E-state index is 1.04. The monoisotopic (exact) mass is 202 g/mol. The van der Waals surface area contributed by atoms with E-state index in [0.29, 0.717) is 0 Å². The zero-order chi connectivity index (χ0) is 11.1. The van der Waals surface area contributed by atoms with Gasteiger partial charge in [-0.3, -0.25) is 0 Å². The van der Waals surface area contributed by atoms with Crippen LogP contribution in [0.1, 0.15) is 5.56 Å². The molecule has 15 heavy (non-hydrogen) atoms. The first kappa shape index (κ1) is 12.3. The Morgan fingerprint density at radius 2 is 1.80 bits per heavy atom. The van der Waals surface area contributed by atoms with Crippen molar-refractivity contribution in [3.63, 3.8) is 0 Å². The van der Waals surface area contributed by atoms with Gasteiger partial charge in [0.1, 0.15) is 0 Å². The molecule has 1 rings (SSSR count). The summed E-state index contributed by atoms with van der Waals surface area (Å²) in [5.74, 6) is 0. The molecule has 0 N–H and O–H groups in total. The normalized spacial score (nSPS) is 10.9. The van der Waals surface area contributed by atoms with E-state index >= 15 is 0 Å². The van der Waals surface area contributed by atoms with Gasteiger partial charge in [0.25, 0.3) is 0 Å². The second-order valence-corrected chi connectivity index (χ2v) is 4.12. The maximum Gasteiger partial charge on any atom is 0.161 e. The molecule has 4 heteroatoms. The van der Waals surface area contributed by atoms with Crippen LogP contribution in [0.4, 0.5) is 0 Å². The van der Waals surface area contributed by atoms with Crippen LogP contribution in [0.25, 0.3) is 0 Å². The van der Waals surface area contributed by atoms with Gasteiger partial charge in [-0.25, -0.2) is 0 Å². The van der Waals surface area contributed by atoms with Crippen LogP contribution in [-0.2, 0) is 6.54 Å². The summed E-state index contributed by atoms with van der Waals surface area (Å²) >= 11 is 0. The van der Waals surface area contributed by atoms with Gasteiger partial charge in [-0.2, -0.15) is 0 Å². The highest BCUT2D eigenvalue weighted by Gasteiger charge is 2.01. The number of hydrogen-bond acceptors (Lipinski definition) is 2. The van der Waals surface area contributed by atoms with Gasteiger partial charge in [0.2, 0.25) is 0 Å². The van der Waals surface area contributed by atoms with Gasteiger partial charge < -0.3 is 9.71 Å². The molecular formula is C11H20B2N2. The molecule has 0 aliphatic rings. The maximum absolute atomic E-state index is 2.36. The Hall–Kier alpha value is -0.730.